The number of benzene rings is 1. The Morgan fingerprint density at radius 3 is 1.94 bits per heavy atom. The molecule has 0 heterocycles. The van der Waals surface area contributed by atoms with Gasteiger partial charge in [0.15, 0.2) is 0 Å². The third-order valence-electron chi connectivity index (χ3n) is 2.10. The van der Waals surface area contributed by atoms with Gasteiger partial charge in [-0.25, -0.2) is 12.1 Å². The molecule has 0 aliphatic rings. The van der Waals surface area contributed by atoms with Crippen LogP contribution < -0.4 is 0 Å². The van der Waals surface area contributed by atoms with Crippen molar-refractivity contribution in [2.45, 2.75) is 0 Å². The molecule has 0 saturated carbocycles. The number of fused-ring (bicyclic) bond motifs is 1. The average molecular weight is 270 g/mol. The van der Waals surface area contributed by atoms with Crippen LogP contribution in [-0.2, 0) is 21.7 Å². The van der Waals surface area contributed by atoms with Gasteiger partial charge in [-0.15, -0.1) is 29.7 Å². The topological polar surface area (TPSA) is 0 Å². The number of hydrogen-bond donors (Lipinski definition) is 0. The molecule has 0 saturated heterocycles. The van der Waals surface area contributed by atoms with Crippen molar-refractivity contribution < 1.29 is 21.7 Å². The van der Waals surface area contributed by atoms with E-state index >= 15 is 0 Å². The van der Waals surface area contributed by atoms with Crippen molar-refractivity contribution in [2.75, 3.05) is 0 Å². The molecular weight excluding hydrogens is 252 g/mol. The second kappa shape index (κ2) is 12.1. The van der Waals surface area contributed by atoms with E-state index in [-0.39, 0.29) is 29.1 Å². The molecule has 0 unspecified atom stereocenters. The quantitative estimate of drug-likeness (QED) is 0.397. The minimum absolute atomic E-state index is 0. The predicted molar refractivity (Wildman–Crippen MR) is 77.9 cm³/mol. The smallest absolute Gasteiger partial charge is 0.521 e. The maximum absolute atomic E-state index is 4.25. The summed E-state index contributed by atoms with van der Waals surface area (Å²) in [6, 6.07) is 24.7. The van der Waals surface area contributed by atoms with Gasteiger partial charge in [-0.05, 0) is 0 Å². The van der Waals surface area contributed by atoms with E-state index in [0.717, 1.165) is 0 Å². The molecule has 3 rings (SSSR count). The Morgan fingerprint density at radius 1 is 0.833 bits per heavy atom. The minimum Gasteiger partial charge on any atom is -0.521 e. The van der Waals surface area contributed by atoms with E-state index in [1.54, 1.807) is 0 Å². The van der Waals surface area contributed by atoms with Gasteiger partial charge in [0, 0.05) is 0 Å². The fourth-order valence-electron chi connectivity index (χ4n) is 1.39. The second-order valence-electron chi connectivity index (χ2n) is 3.12. The summed E-state index contributed by atoms with van der Waals surface area (Å²) in [5.74, 6) is 0. The first kappa shape index (κ1) is 19.0. The maximum Gasteiger partial charge on any atom is 4.00 e. The van der Waals surface area contributed by atoms with E-state index in [1.807, 2.05) is 30.3 Å². The fourth-order valence-corrected chi connectivity index (χ4v) is 1.39. The van der Waals surface area contributed by atoms with E-state index in [9.17, 15) is 0 Å². The summed E-state index contributed by atoms with van der Waals surface area (Å²) in [5, 5.41) is 2.66. The van der Waals surface area contributed by atoms with Gasteiger partial charge in [-0.2, -0.15) is 35.7 Å². The van der Waals surface area contributed by atoms with Crippen LogP contribution in [0.15, 0.2) is 79.4 Å². The van der Waals surface area contributed by atoms with Gasteiger partial charge in [0.2, 0.25) is 0 Å². The molecule has 3 aromatic rings. The SMILES string of the molecule is [CH-]=C.[CH3-].[Ti+4].c1cc[cH-]c1.c1ccc2[cH-]ccc2c1. The van der Waals surface area contributed by atoms with Crippen LogP contribution in [-0.4, -0.2) is 0 Å². The molecule has 0 N–H and O–H groups in total. The number of hydrogen-bond acceptors (Lipinski definition) is 0. The van der Waals surface area contributed by atoms with E-state index in [1.165, 1.54) is 10.8 Å². The van der Waals surface area contributed by atoms with Gasteiger partial charge in [0.25, 0.3) is 0 Å². The largest absolute Gasteiger partial charge is 4.00 e. The van der Waals surface area contributed by atoms with Crippen molar-refractivity contribution in [2.24, 2.45) is 0 Å². The molecule has 0 atom stereocenters. The minimum atomic E-state index is 0. The molecule has 0 bridgehead atoms. The first-order valence-corrected chi connectivity index (χ1v) is 5.15. The van der Waals surface area contributed by atoms with Crippen LogP contribution in [0.5, 0.6) is 0 Å². The third kappa shape index (κ3) is 6.39. The first-order valence-electron chi connectivity index (χ1n) is 5.15. The zero-order valence-corrected chi connectivity index (χ0v) is 12.3. The molecule has 0 nitrogen and oxygen atoms in total. The molecule has 0 aliphatic heterocycles. The van der Waals surface area contributed by atoms with Gasteiger partial charge < -0.3 is 14.0 Å². The Hall–Kier alpha value is -1.37. The van der Waals surface area contributed by atoms with Crippen molar-refractivity contribution >= 4 is 10.8 Å². The van der Waals surface area contributed by atoms with Gasteiger partial charge >= 0.3 is 21.7 Å². The molecule has 3 aromatic carbocycles. The van der Waals surface area contributed by atoms with Crippen LogP contribution in [0.3, 0.4) is 0 Å². The van der Waals surface area contributed by atoms with Crippen LogP contribution in [0, 0.1) is 14.0 Å². The van der Waals surface area contributed by atoms with E-state index in [4.69, 9.17) is 0 Å². The zero-order chi connectivity index (χ0) is 11.6. The normalized spacial score (nSPS) is 7.56. The molecule has 0 aliphatic carbocycles. The summed E-state index contributed by atoms with van der Waals surface area (Å²) in [4.78, 5) is 0. The molecule has 0 spiro atoms. The molecule has 1 heteroatoms. The van der Waals surface area contributed by atoms with Crippen molar-refractivity contribution in [1.29, 1.82) is 0 Å². The Morgan fingerprint density at radius 2 is 1.44 bits per heavy atom. The average Bonchev–Trinajstić information content (AvgIpc) is 3.06. The van der Waals surface area contributed by atoms with Gasteiger partial charge in [-0.1, -0.05) is 6.07 Å². The monoisotopic (exact) mass is 270 g/mol. The molecule has 0 aromatic heterocycles. The van der Waals surface area contributed by atoms with Gasteiger partial charge in [0.1, 0.15) is 0 Å². The van der Waals surface area contributed by atoms with E-state index in [0.29, 0.717) is 0 Å². The summed E-state index contributed by atoms with van der Waals surface area (Å²) in [6.07, 6.45) is 0. The van der Waals surface area contributed by atoms with Crippen LogP contribution in [0.2, 0.25) is 0 Å². The fraction of sp³-hybridized carbons (Fsp3) is 0. The zero-order valence-electron chi connectivity index (χ0n) is 10.7. The Bertz CT molecular complexity index is 430. The summed E-state index contributed by atoms with van der Waals surface area (Å²) in [5.41, 5.74) is 0. The molecule has 0 fully saturated rings. The van der Waals surface area contributed by atoms with Crippen LogP contribution in [0.25, 0.3) is 10.8 Å². The Labute approximate surface area is 126 Å². The van der Waals surface area contributed by atoms with Crippen molar-refractivity contribution in [1.82, 2.24) is 0 Å². The van der Waals surface area contributed by atoms with Crippen LogP contribution >= 0.6 is 0 Å². The Kier molecular flexibility index (Phi) is 12.8. The summed E-state index contributed by atoms with van der Waals surface area (Å²) in [7, 11) is 0. The van der Waals surface area contributed by atoms with Crippen LogP contribution in [0.4, 0.5) is 0 Å². The molecule has 90 valence electrons. The summed E-state index contributed by atoms with van der Waals surface area (Å²) < 4.78 is 0. The molecule has 0 radical (unpaired) electrons. The van der Waals surface area contributed by atoms with Crippen LogP contribution in [0.1, 0.15) is 0 Å². The summed E-state index contributed by atoms with van der Waals surface area (Å²) in [6.45, 7) is 7.00. The van der Waals surface area contributed by atoms with Crippen molar-refractivity contribution in [3.8, 4) is 0 Å². The van der Waals surface area contributed by atoms with Gasteiger partial charge in [0.05, 0.1) is 0 Å². The third-order valence-corrected chi connectivity index (χ3v) is 2.10. The first-order chi connectivity index (χ1) is 7.97. The molecular formula is C17H18Ti. The maximum atomic E-state index is 4.25. The standard InChI is InChI=1S/C9H7.C5H5.C2H3.CH3.Ti/c1-2-5-9-7-3-6-8(9)4-1;1-2-4-5-3-1;1-2;;/h1-7H;1-5H;1H,2H2;1H3;/q4*-1;+4. The van der Waals surface area contributed by atoms with Gasteiger partial charge in [-0.3, -0.25) is 6.58 Å². The van der Waals surface area contributed by atoms with Crippen molar-refractivity contribution in [3.63, 3.8) is 0 Å². The second-order valence-corrected chi connectivity index (χ2v) is 3.12. The Balaban J connectivity index is 0. The van der Waals surface area contributed by atoms with E-state index in [2.05, 4.69) is 55.6 Å². The predicted octanol–water partition coefficient (Wildman–Crippen LogP) is 5.02. The summed E-state index contributed by atoms with van der Waals surface area (Å²) >= 11 is 0. The van der Waals surface area contributed by atoms with E-state index < -0.39 is 0 Å². The molecule has 18 heavy (non-hydrogen) atoms. The van der Waals surface area contributed by atoms with Crippen molar-refractivity contribution in [3.05, 3.63) is 93.4 Å². The number of rotatable bonds is 0. The molecule has 0 amide bonds.